The van der Waals surface area contributed by atoms with Gasteiger partial charge in [-0.2, -0.15) is 0 Å². The van der Waals surface area contributed by atoms with Crippen LogP contribution in [0.2, 0.25) is 0 Å². The van der Waals surface area contributed by atoms with E-state index >= 15 is 0 Å². The first-order chi connectivity index (χ1) is 10.6. The molecule has 0 spiro atoms. The van der Waals surface area contributed by atoms with Gasteiger partial charge in [-0.05, 0) is 49.6 Å². The molecule has 0 bridgehead atoms. The Hall–Kier alpha value is -1.14. The number of halogens is 2. The topological polar surface area (TPSA) is 38.3 Å². The molecule has 2 fully saturated rings. The van der Waals surface area contributed by atoms with Crippen molar-refractivity contribution in [2.75, 3.05) is 12.9 Å². The van der Waals surface area contributed by atoms with Crippen LogP contribution in [0.15, 0.2) is 18.2 Å². The zero-order chi connectivity index (χ0) is 15.7. The molecule has 1 saturated carbocycles. The number of rotatable bonds is 4. The number of hydrogen-bond acceptors (Lipinski definition) is 3. The lowest BCUT2D eigenvalue weighted by molar-refractivity contribution is -0.126. The maximum Gasteiger partial charge on any atom is 0.236 e. The molecule has 2 atom stereocenters. The van der Waals surface area contributed by atoms with Gasteiger partial charge in [0.2, 0.25) is 5.91 Å². The van der Waals surface area contributed by atoms with Crippen molar-refractivity contribution < 1.29 is 18.3 Å². The molecule has 1 aliphatic carbocycles. The zero-order valence-corrected chi connectivity index (χ0v) is 13.2. The van der Waals surface area contributed by atoms with E-state index in [9.17, 15) is 13.6 Å². The molecule has 3 rings (SSSR count). The molecule has 1 aliphatic heterocycles. The molecule has 1 saturated heterocycles. The van der Waals surface area contributed by atoms with Crippen LogP contribution in [-0.2, 0) is 9.53 Å². The fraction of sp³-hybridized carbons (Fsp3) is 0.562. The van der Waals surface area contributed by atoms with Crippen molar-refractivity contribution >= 4 is 17.7 Å². The largest absolute Gasteiger partial charge is 0.371 e. The standard InChI is InChI=1S/C16H19F2NO2S/c1-22-16(6-2-7-16)15(20)19-13-5-8-21-14(13)10-3-4-11(17)12(18)9-10/h3-4,9,13-14H,2,5-8H2,1H3,(H,19,20)/t13-,14+/m1/s1. The molecule has 0 unspecified atom stereocenters. The minimum Gasteiger partial charge on any atom is -0.371 e. The average Bonchev–Trinajstić information content (AvgIpc) is 2.89. The first-order valence-electron chi connectivity index (χ1n) is 7.48. The van der Waals surface area contributed by atoms with E-state index in [1.54, 1.807) is 11.8 Å². The normalized spacial score (nSPS) is 26.5. The van der Waals surface area contributed by atoms with E-state index < -0.39 is 17.7 Å². The monoisotopic (exact) mass is 327 g/mol. The summed E-state index contributed by atoms with van der Waals surface area (Å²) in [4.78, 5) is 12.5. The number of ether oxygens (including phenoxy) is 1. The van der Waals surface area contributed by atoms with Crippen LogP contribution < -0.4 is 5.32 Å². The zero-order valence-electron chi connectivity index (χ0n) is 12.4. The Balaban J connectivity index is 1.73. The minimum atomic E-state index is -0.891. The quantitative estimate of drug-likeness (QED) is 0.923. The Bertz CT molecular complexity index is 572. The van der Waals surface area contributed by atoms with Crippen LogP contribution in [-0.4, -0.2) is 29.6 Å². The molecule has 1 amide bonds. The van der Waals surface area contributed by atoms with E-state index in [4.69, 9.17) is 4.74 Å². The number of nitrogens with one attached hydrogen (secondary N) is 1. The van der Waals surface area contributed by atoms with E-state index in [1.807, 2.05) is 6.26 Å². The summed E-state index contributed by atoms with van der Waals surface area (Å²) in [5, 5.41) is 3.05. The third kappa shape index (κ3) is 2.74. The summed E-state index contributed by atoms with van der Waals surface area (Å²) in [5.41, 5.74) is 0.563. The summed E-state index contributed by atoms with van der Waals surface area (Å²) in [6, 6.07) is 3.57. The highest BCUT2D eigenvalue weighted by Gasteiger charge is 2.45. The second-order valence-corrected chi connectivity index (χ2v) is 7.08. The van der Waals surface area contributed by atoms with Crippen molar-refractivity contribution in [2.24, 2.45) is 0 Å². The van der Waals surface area contributed by atoms with Gasteiger partial charge in [-0.15, -0.1) is 11.8 Å². The van der Waals surface area contributed by atoms with Crippen LogP contribution in [0.3, 0.4) is 0 Å². The van der Waals surface area contributed by atoms with Crippen molar-refractivity contribution in [3.05, 3.63) is 35.4 Å². The molecule has 0 aromatic heterocycles. The van der Waals surface area contributed by atoms with Gasteiger partial charge < -0.3 is 10.1 Å². The highest BCUT2D eigenvalue weighted by atomic mass is 32.2. The molecule has 2 aliphatic rings. The SMILES string of the molecule is CSC1(C(=O)N[C@@H]2CCO[C@H]2c2ccc(F)c(F)c2)CCC1. The average molecular weight is 327 g/mol. The predicted octanol–water partition coefficient (Wildman–Crippen LogP) is 3.20. The van der Waals surface area contributed by atoms with Gasteiger partial charge in [0, 0.05) is 6.61 Å². The molecule has 1 N–H and O–H groups in total. The summed E-state index contributed by atoms with van der Waals surface area (Å²) in [5.74, 6) is -1.73. The molecular weight excluding hydrogens is 308 g/mol. The Morgan fingerprint density at radius 2 is 2.14 bits per heavy atom. The first-order valence-corrected chi connectivity index (χ1v) is 8.71. The van der Waals surface area contributed by atoms with E-state index in [1.165, 1.54) is 6.07 Å². The van der Waals surface area contributed by atoms with Gasteiger partial charge in [0.15, 0.2) is 11.6 Å². The summed E-state index contributed by atoms with van der Waals surface area (Å²) in [6.45, 7) is 0.501. The van der Waals surface area contributed by atoms with Crippen LogP contribution in [0.4, 0.5) is 8.78 Å². The highest BCUT2D eigenvalue weighted by Crippen LogP contribution is 2.43. The van der Waals surface area contributed by atoms with E-state index in [0.717, 1.165) is 31.4 Å². The van der Waals surface area contributed by atoms with Crippen molar-refractivity contribution in [2.45, 2.75) is 42.6 Å². The molecule has 1 aromatic carbocycles. The minimum absolute atomic E-state index is 0.0364. The maximum atomic E-state index is 13.4. The molecule has 3 nitrogen and oxygen atoms in total. The molecule has 1 aromatic rings. The Labute approximate surface area is 132 Å². The van der Waals surface area contributed by atoms with Gasteiger partial charge in [0.1, 0.15) is 6.10 Å². The van der Waals surface area contributed by atoms with E-state index in [2.05, 4.69) is 5.32 Å². The predicted molar refractivity (Wildman–Crippen MR) is 81.7 cm³/mol. The van der Waals surface area contributed by atoms with Gasteiger partial charge in [-0.3, -0.25) is 4.79 Å². The van der Waals surface area contributed by atoms with Gasteiger partial charge in [-0.25, -0.2) is 8.78 Å². The van der Waals surface area contributed by atoms with Crippen molar-refractivity contribution in [1.82, 2.24) is 5.32 Å². The Morgan fingerprint density at radius 3 is 2.73 bits per heavy atom. The fourth-order valence-corrected chi connectivity index (χ4v) is 4.02. The Kier molecular flexibility index (Phi) is 4.41. The lowest BCUT2D eigenvalue weighted by atomic mass is 9.83. The molecule has 0 radical (unpaired) electrons. The summed E-state index contributed by atoms with van der Waals surface area (Å²) in [7, 11) is 0. The number of benzene rings is 1. The lowest BCUT2D eigenvalue weighted by Gasteiger charge is -2.39. The van der Waals surface area contributed by atoms with Gasteiger partial charge >= 0.3 is 0 Å². The molecule has 120 valence electrons. The van der Waals surface area contributed by atoms with Gasteiger partial charge in [0.25, 0.3) is 0 Å². The lowest BCUT2D eigenvalue weighted by Crippen LogP contribution is -2.52. The number of amides is 1. The van der Waals surface area contributed by atoms with Crippen molar-refractivity contribution in [3.63, 3.8) is 0 Å². The second-order valence-electron chi connectivity index (χ2n) is 5.89. The summed E-state index contributed by atoms with van der Waals surface area (Å²) in [6.07, 6.45) is 5.07. The Morgan fingerprint density at radius 1 is 1.36 bits per heavy atom. The van der Waals surface area contributed by atoms with Gasteiger partial charge in [0.05, 0.1) is 10.8 Å². The summed E-state index contributed by atoms with van der Waals surface area (Å²) < 4.78 is 31.8. The fourth-order valence-electron chi connectivity index (χ4n) is 3.08. The van der Waals surface area contributed by atoms with Crippen molar-refractivity contribution in [1.29, 1.82) is 0 Å². The van der Waals surface area contributed by atoms with Crippen molar-refractivity contribution in [3.8, 4) is 0 Å². The maximum absolute atomic E-state index is 13.4. The van der Waals surface area contributed by atoms with Crippen LogP contribution >= 0.6 is 11.8 Å². The van der Waals surface area contributed by atoms with Crippen LogP contribution in [0.1, 0.15) is 37.4 Å². The molecule has 6 heteroatoms. The molecular formula is C16H19F2NO2S. The molecule has 1 heterocycles. The van der Waals surface area contributed by atoms with E-state index in [-0.39, 0.29) is 16.7 Å². The number of thioether (sulfide) groups is 1. The van der Waals surface area contributed by atoms with E-state index in [0.29, 0.717) is 18.6 Å². The number of hydrogen-bond donors (Lipinski definition) is 1. The smallest absolute Gasteiger partial charge is 0.236 e. The second kappa shape index (κ2) is 6.16. The molecule has 22 heavy (non-hydrogen) atoms. The van der Waals surface area contributed by atoms with Gasteiger partial charge in [-0.1, -0.05) is 6.07 Å². The number of carbonyl (C=O) groups excluding carboxylic acids is 1. The van der Waals surface area contributed by atoms with Crippen LogP contribution in [0.25, 0.3) is 0 Å². The third-order valence-electron chi connectivity index (χ3n) is 4.65. The summed E-state index contributed by atoms with van der Waals surface area (Å²) >= 11 is 1.59. The van der Waals surface area contributed by atoms with Crippen LogP contribution in [0, 0.1) is 11.6 Å². The third-order valence-corrected chi connectivity index (χ3v) is 6.02. The van der Waals surface area contributed by atoms with Crippen LogP contribution in [0.5, 0.6) is 0 Å². The highest BCUT2D eigenvalue weighted by molar-refractivity contribution is 8.00. The number of carbonyl (C=O) groups is 1. The first kappa shape index (κ1) is 15.7.